The van der Waals surface area contributed by atoms with Gasteiger partial charge in [-0.15, -0.1) is 0 Å². The lowest BCUT2D eigenvalue weighted by Crippen LogP contribution is -2.43. The third-order valence-corrected chi connectivity index (χ3v) is 4.24. The van der Waals surface area contributed by atoms with E-state index in [-0.39, 0.29) is 5.79 Å². The first kappa shape index (κ1) is 15.2. The third kappa shape index (κ3) is 3.47. The third-order valence-electron chi connectivity index (χ3n) is 4.24. The van der Waals surface area contributed by atoms with Crippen molar-refractivity contribution in [3.8, 4) is 0 Å². The Balaban J connectivity index is 0.000000212. The van der Waals surface area contributed by atoms with Gasteiger partial charge in [0, 0.05) is 19.4 Å². The van der Waals surface area contributed by atoms with Crippen LogP contribution in [0.15, 0.2) is 0 Å². The Morgan fingerprint density at radius 2 is 1.65 bits per heavy atom. The molecule has 0 aromatic rings. The lowest BCUT2D eigenvalue weighted by molar-refractivity contribution is -0.199. The van der Waals surface area contributed by atoms with Crippen molar-refractivity contribution in [2.75, 3.05) is 26.3 Å². The van der Waals surface area contributed by atoms with E-state index in [0.717, 1.165) is 26.1 Å². The lowest BCUT2D eigenvalue weighted by atomic mass is 9.71. The molecule has 3 fully saturated rings. The van der Waals surface area contributed by atoms with E-state index >= 15 is 0 Å². The highest BCUT2D eigenvalue weighted by Crippen LogP contribution is 2.48. The Labute approximate surface area is 117 Å². The van der Waals surface area contributed by atoms with Crippen molar-refractivity contribution >= 4 is 11.9 Å². The van der Waals surface area contributed by atoms with E-state index in [1.807, 2.05) is 0 Å². The zero-order valence-corrected chi connectivity index (χ0v) is 11.4. The van der Waals surface area contributed by atoms with E-state index in [0.29, 0.717) is 5.41 Å². The molecule has 0 aromatic heterocycles. The normalized spacial score (nSPS) is 31.0. The molecule has 0 aromatic carbocycles. The smallest absolute Gasteiger partial charge is 0.414 e. The van der Waals surface area contributed by atoms with Crippen molar-refractivity contribution in [3.05, 3.63) is 0 Å². The average Bonchev–Trinajstić information content (AvgIpc) is 3.01. The molecule has 20 heavy (non-hydrogen) atoms. The molecule has 0 amide bonds. The van der Waals surface area contributed by atoms with Crippen molar-refractivity contribution in [2.24, 2.45) is 5.41 Å². The minimum Gasteiger partial charge on any atom is -0.473 e. The molecule has 0 radical (unpaired) electrons. The van der Waals surface area contributed by atoms with E-state index in [9.17, 15) is 0 Å². The molecule has 2 heterocycles. The largest absolute Gasteiger partial charge is 0.473 e. The van der Waals surface area contributed by atoms with Crippen LogP contribution in [0, 0.1) is 5.41 Å². The molecule has 1 aliphatic carbocycles. The summed E-state index contributed by atoms with van der Waals surface area (Å²) < 4.78 is 11.6. The van der Waals surface area contributed by atoms with Gasteiger partial charge in [-0.2, -0.15) is 0 Å². The first-order chi connectivity index (χ1) is 9.47. The molecule has 3 rings (SSSR count). The maximum atomic E-state index is 9.10. The van der Waals surface area contributed by atoms with Crippen molar-refractivity contribution < 1.29 is 29.3 Å². The summed E-state index contributed by atoms with van der Waals surface area (Å²) in [5.74, 6) is -3.84. The van der Waals surface area contributed by atoms with Crippen LogP contribution in [0.1, 0.15) is 32.1 Å². The second-order valence-corrected chi connectivity index (χ2v) is 5.68. The summed E-state index contributed by atoms with van der Waals surface area (Å²) in [7, 11) is 0. The molecular weight excluding hydrogens is 266 g/mol. The van der Waals surface area contributed by atoms with Gasteiger partial charge in [-0.1, -0.05) is 0 Å². The van der Waals surface area contributed by atoms with Gasteiger partial charge in [-0.3, -0.25) is 0 Å². The van der Waals surface area contributed by atoms with Gasteiger partial charge in [0.2, 0.25) is 0 Å². The summed E-state index contributed by atoms with van der Waals surface area (Å²) in [6.07, 6.45) is 6.15. The Kier molecular flexibility index (Phi) is 4.62. The van der Waals surface area contributed by atoms with Gasteiger partial charge in [0.15, 0.2) is 5.79 Å². The van der Waals surface area contributed by atoms with Crippen LogP contribution < -0.4 is 5.32 Å². The van der Waals surface area contributed by atoms with Crippen LogP contribution >= 0.6 is 0 Å². The number of rotatable bonds is 0. The summed E-state index contributed by atoms with van der Waals surface area (Å²) in [6.45, 7) is 3.94. The van der Waals surface area contributed by atoms with Gasteiger partial charge in [-0.05, 0) is 31.2 Å². The fourth-order valence-corrected chi connectivity index (χ4v) is 3.38. The average molecular weight is 287 g/mol. The van der Waals surface area contributed by atoms with Crippen LogP contribution in [0.4, 0.5) is 0 Å². The van der Waals surface area contributed by atoms with Gasteiger partial charge in [0.1, 0.15) is 0 Å². The second-order valence-electron chi connectivity index (χ2n) is 5.68. The van der Waals surface area contributed by atoms with Crippen LogP contribution in [-0.2, 0) is 19.1 Å². The minimum absolute atomic E-state index is 0.190. The summed E-state index contributed by atoms with van der Waals surface area (Å²) >= 11 is 0. The second kappa shape index (κ2) is 6.07. The molecule has 114 valence electrons. The SMILES string of the molecule is C1CC2(CCNC2)CC2(C1)OCCO2.O=C(O)C(=O)O. The van der Waals surface area contributed by atoms with Gasteiger partial charge < -0.3 is 25.0 Å². The predicted molar refractivity (Wildman–Crippen MR) is 68.3 cm³/mol. The van der Waals surface area contributed by atoms with E-state index in [2.05, 4.69) is 5.32 Å². The van der Waals surface area contributed by atoms with E-state index < -0.39 is 11.9 Å². The monoisotopic (exact) mass is 287 g/mol. The molecule has 2 spiro atoms. The fourth-order valence-electron chi connectivity index (χ4n) is 3.38. The topological polar surface area (TPSA) is 105 Å². The molecule has 3 aliphatic rings. The molecule has 3 N–H and O–H groups in total. The number of aliphatic carboxylic acids is 2. The summed E-state index contributed by atoms with van der Waals surface area (Å²) in [6, 6.07) is 0. The molecule has 1 unspecified atom stereocenters. The van der Waals surface area contributed by atoms with Crippen LogP contribution in [0.3, 0.4) is 0 Å². The molecule has 1 saturated carbocycles. The number of nitrogens with one attached hydrogen (secondary N) is 1. The summed E-state index contributed by atoms with van der Waals surface area (Å²) in [5, 5.41) is 18.3. The number of hydrogen-bond acceptors (Lipinski definition) is 5. The van der Waals surface area contributed by atoms with Crippen LogP contribution in [0.2, 0.25) is 0 Å². The van der Waals surface area contributed by atoms with Gasteiger partial charge in [0.25, 0.3) is 0 Å². The fraction of sp³-hybridized carbons (Fsp3) is 0.846. The molecule has 2 saturated heterocycles. The van der Waals surface area contributed by atoms with Crippen molar-refractivity contribution in [1.29, 1.82) is 0 Å². The Bertz CT molecular complexity index is 337. The van der Waals surface area contributed by atoms with E-state index in [4.69, 9.17) is 29.3 Å². The standard InChI is InChI=1S/C11H19NO2.C2H2O4/c1-2-10(4-5-12-9-10)8-11(3-1)13-6-7-14-11;3-1(4)2(5)6/h12H,1-9H2;(H,3,4)(H,5,6). The molecule has 0 bridgehead atoms. The maximum absolute atomic E-state index is 9.10. The summed E-state index contributed by atoms with van der Waals surface area (Å²) in [4.78, 5) is 18.2. The molecule has 7 nitrogen and oxygen atoms in total. The van der Waals surface area contributed by atoms with Crippen LogP contribution in [-0.4, -0.2) is 54.2 Å². The zero-order chi connectivity index (χ0) is 14.6. The van der Waals surface area contributed by atoms with Crippen molar-refractivity contribution in [3.63, 3.8) is 0 Å². The van der Waals surface area contributed by atoms with Crippen molar-refractivity contribution in [1.82, 2.24) is 5.32 Å². The quantitative estimate of drug-likeness (QED) is 0.555. The molecule has 1 atom stereocenters. The molecule has 7 heteroatoms. The van der Waals surface area contributed by atoms with Gasteiger partial charge in [0.05, 0.1) is 13.2 Å². The van der Waals surface area contributed by atoms with Gasteiger partial charge in [-0.25, -0.2) is 9.59 Å². The lowest BCUT2D eigenvalue weighted by Gasteiger charge is -2.42. The first-order valence-electron chi connectivity index (χ1n) is 6.92. The number of ether oxygens (including phenoxy) is 2. The molecular formula is C13H21NO6. The minimum atomic E-state index is -1.82. The zero-order valence-electron chi connectivity index (χ0n) is 11.4. The number of carbonyl (C=O) groups is 2. The first-order valence-corrected chi connectivity index (χ1v) is 6.92. The van der Waals surface area contributed by atoms with Crippen LogP contribution in [0.5, 0.6) is 0 Å². The van der Waals surface area contributed by atoms with E-state index in [1.54, 1.807) is 0 Å². The Hall–Kier alpha value is -1.18. The summed E-state index contributed by atoms with van der Waals surface area (Å²) in [5.41, 5.74) is 0.489. The van der Waals surface area contributed by atoms with E-state index in [1.165, 1.54) is 32.4 Å². The Morgan fingerprint density at radius 1 is 1.00 bits per heavy atom. The number of carboxylic acid groups (broad SMARTS) is 2. The Morgan fingerprint density at radius 3 is 2.15 bits per heavy atom. The highest BCUT2D eigenvalue weighted by atomic mass is 16.7. The number of hydrogen-bond donors (Lipinski definition) is 3. The van der Waals surface area contributed by atoms with Crippen molar-refractivity contribution in [2.45, 2.75) is 37.9 Å². The number of carboxylic acids is 2. The maximum Gasteiger partial charge on any atom is 0.414 e. The highest BCUT2D eigenvalue weighted by molar-refractivity contribution is 6.27. The van der Waals surface area contributed by atoms with Gasteiger partial charge >= 0.3 is 11.9 Å². The molecule has 2 aliphatic heterocycles. The highest BCUT2D eigenvalue weighted by Gasteiger charge is 2.49. The predicted octanol–water partition coefficient (Wildman–Crippen LogP) is 0.439. The van der Waals surface area contributed by atoms with Crippen LogP contribution in [0.25, 0.3) is 0 Å².